The van der Waals surface area contributed by atoms with Crippen molar-refractivity contribution in [2.24, 2.45) is 0 Å². The molecule has 1 aromatic rings. The number of hydrogen-bond acceptors (Lipinski definition) is 3. The van der Waals surface area contributed by atoms with Crippen LogP contribution in [0.15, 0.2) is 18.2 Å². The fourth-order valence-corrected chi connectivity index (χ4v) is 2.18. The van der Waals surface area contributed by atoms with Gasteiger partial charge in [0.2, 0.25) is 17.7 Å². The van der Waals surface area contributed by atoms with Gasteiger partial charge in [-0.15, -0.1) is 0 Å². The second-order valence-electron chi connectivity index (χ2n) is 4.98. The Morgan fingerprint density at radius 1 is 1.20 bits per heavy atom. The SMILES string of the molecule is Cc1cccc(NC(=O)CCN2C(=O)CCC2=O)c1C. The maximum absolute atomic E-state index is 11.9. The number of aryl methyl sites for hydroxylation is 1. The van der Waals surface area contributed by atoms with Crippen LogP contribution in [0.25, 0.3) is 0 Å². The number of rotatable bonds is 4. The third-order valence-electron chi connectivity index (χ3n) is 3.60. The van der Waals surface area contributed by atoms with Gasteiger partial charge in [0.1, 0.15) is 0 Å². The number of carbonyl (C=O) groups excluding carboxylic acids is 3. The molecule has 1 fully saturated rings. The Labute approximate surface area is 118 Å². The third kappa shape index (κ3) is 3.04. The van der Waals surface area contributed by atoms with Gasteiger partial charge in [0.25, 0.3) is 0 Å². The zero-order chi connectivity index (χ0) is 14.7. The summed E-state index contributed by atoms with van der Waals surface area (Å²) in [6, 6.07) is 5.70. The molecule has 1 N–H and O–H groups in total. The number of benzene rings is 1. The van der Waals surface area contributed by atoms with Gasteiger partial charge in [0, 0.05) is 31.5 Å². The number of carbonyl (C=O) groups is 3. The number of imide groups is 1. The number of amides is 3. The molecule has 0 aromatic heterocycles. The van der Waals surface area contributed by atoms with Gasteiger partial charge >= 0.3 is 0 Å². The van der Waals surface area contributed by atoms with Gasteiger partial charge in [-0.1, -0.05) is 12.1 Å². The maximum Gasteiger partial charge on any atom is 0.229 e. The first-order valence-corrected chi connectivity index (χ1v) is 6.68. The number of anilines is 1. The van der Waals surface area contributed by atoms with Crippen LogP contribution in [0.4, 0.5) is 5.69 Å². The monoisotopic (exact) mass is 274 g/mol. The highest BCUT2D eigenvalue weighted by Gasteiger charge is 2.28. The summed E-state index contributed by atoms with van der Waals surface area (Å²) in [4.78, 5) is 35.9. The Hall–Kier alpha value is -2.17. The van der Waals surface area contributed by atoms with Crippen LogP contribution >= 0.6 is 0 Å². The van der Waals surface area contributed by atoms with Crippen molar-refractivity contribution in [1.82, 2.24) is 4.90 Å². The van der Waals surface area contributed by atoms with Crippen molar-refractivity contribution in [3.63, 3.8) is 0 Å². The molecule has 0 unspecified atom stereocenters. The molecule has 0 bridgehead atoms. The summed E-state index contributed by atoms with van der Waals surface area (Å²) < 4.78 is 0. The van der Waals surface area contributed by atoms with Crippen molar-refractivity contribution < 1.29 is 14.4 Å². The molecule has 106 valence electrons. The van der Waals surface area contributed by atoms with E-state index in [9.17, 15) is 14.4 Å². The molecule has 1 heterocycles. The van der Waals surface area contributed by atoms with Crippen LogP contribution in [0.1, 0.15) is 30.4 Å². The molecule has 0 spiro atoms. The summed E-state index contributed by atoms with van der Waals surface area (Å²) in [7, 11) is 0. The predicted molar refractivity (Wildman–Crippen MR) is 75.1 cm³/mol. The van der Waals surface area contributed by atoms with Gasteiger partial charge in [-0.2, -0.15) is 0 Å². The average molecular weight is 274 g/mol. The van der Waals surface area contributed by atoms with Crippen LogP contribution in [-0.4, -0.2) is 29.2 Å². The van der Waals surface area contributed by atoms with E-state index < -0.39 is 0 Å². The van der Waals surface area contributed by atoms with Gasteiger partial charge in [-0.05, 0) is 31.0 Å². The second kappa shape index (κ2) is 5.86. The van der Waals surface area contributed by atoms with Gasteiger partial charge in [-0.3, -0.25) is 19.3 Å². The molecule has 1 saturated heterocycles. The molecule has 3 amide bonds. The lowest BCUT2D eigenvalue weighted by Crippen LogP contribution is -2.32. The summed E-state index contributed by atoms with van der Waals surface area (Å²) in [6.45, 7) is 4.08. The third-order valence-corrected chi connectivity index (χ3v) is 3.60. The lowest BCUT2D eigenvalue weighted by atomic mass is 10.1. The fraction of sp³-hybridized carbons (Fsp3) is 0.400. The van der Waals surface area contributed by atoms with E-state index in [4.69, 9.17) is 0 Å². The van der Waals surface area contributed by atoms with Gasteiger partial charge in [0.05, 0.1) is 0 Å². The van der Waals surface area contributed by atoms with E-state index in [-0.39, 0.29) is 43.5 Å². The van der Waals surface area contributed by atoms with Crippen LogP contribution in [0.5, 0.6) is 0 Å². The first-order valence-electron chi connectivity index (χ1n) is 6.68. The first-order chi connectivity index (χ1) is 9.49. The van der Waals surface area contributed by atoms with E-state index in [0.29, 0.717) is 0 Å². The van der Waals surface area contributed by atoms with Crippen LogP contribution in [0.3, 0.4) is 0 Å². The normalized spacial score (nSPS) is 14.8. The highest BCUT2D eigenvalue weighted by atomic mass is 16.2. The molecule has 0 atom stereocenters. The van der Waals surface area contributed by atoms with E-state index in [1.807, 2.05) is 32.0 Å². The molecule has 1 aliphatic heterocycles. The van der Waals surface area contributed by atoms with E-state index in [1.165, 1.54) is 4.90 Å². The average Bonchev–Trinajstić information content (AvgIpc) is 2.72. The highest BCUT2D eigenvalue weighted by molar-refractivity contribution is 6.02. The minimum Gasteiger partial charge on any atom is -0.326 e. The van der Waals surface area contributed by atoms with E-state index in [1.54, 1.807) is 0 Å². The number of nitrogens with zero attached hydrogens (tertiary/aromatic N) is 1. The number of nitrogens with one attached hydrogen (secondary N) is 1. The maximum atomic E-state index is 11.9. The molecule has 0 radical (unpaired) electrons. The zero-order valence-electron chi connectivity index (χ0n) is 11.7. The minimum absolute atomic E-state index is 0.130. The Morgan fingerprint density at radius 3 is 2.50 bits per heavy atom. The zero-order valence-corrected chi connectivity index (χ0v) is 11.7. The van der Waals surface area contributed by atoms with Gasteiger partial charge < -0.3 is 5.32 Å². The molecule has 5 nitrogen and oxygen atoms in total. The number of likely N-dealkylation sites (tertiary alicyclic amines) is 1. The fourth-order valence-electron chi connectivity index (χ4n) is 2.18. The molecule has 0 aliphatic carbocycles. The molecule has 5 heteroatoms. The lowest BCUT2D eigenvalue weighted by molar-refractivity contribution is -0.138. The van der Waals surface area contributed by atoms with Crippen LogP contribution < -0.4 is 5.32 Å². The van der Waals surface area contributed by atoms with E-state index >= 15 is 0 Å². The smallest absolute Gasteiger partial charge is 0.229 e. The summed E-state index contributed by atoms with van der Waals surface area (Å²) in [5.41, 5.74) is 2.90. The summed E-state index contributed by atoms with van der Waals surface area (Å²) in [6.07, 6.45) is 0.653. The number of hydrogen-bond donors (Lipinski definition) is 1. The predicted octanol–water partition coefficient (Wildman–Crippen LogP) is 1.78. The van der Waals surface area contributed by atoms with E-state index in [0.717, 1.165) is 16.8 Å². The minimum atomic E-state index is -0.189. The summed E-state index contributed by atoms with van der Waals surface area (Å²) in [5, 5.41) is 2.82. The summed E-state index contributed by atoms with van der Waals surface area (Å²) in [5.74, 6) is -0.560. The Bertz CT molecular complexity index is 550. The Balaban J connectivity index is 1.91. The van der Waals surface area contributed by atoms with Crippen molar-refractivity contribution in [3.8, 4) is 0 Å². The van der Waals surface area contributed by atoms with Crippen molar-refractivity contribution in [3.05, 3.63) is 29.3 Å². The van der Waals surface area contributed by atoms with Crippen LogP contribution in [0, 0.1) is 13.8 Å². The van der Waals surface area contributed by atoms with E-state index in [2.05, 4.69) is 5.32 Å². The topological polar surface area (TPSA) is 66.5 Å². The largest absolute Gasteiger partial charge is 0.326 e. The highest BCUT2D eigenvalue weighted by Crippen LogP contribution is 2.18. The molecular weight excluding hydrogens is 256 g/mol. The van der Waals surface area contributed by atoms with Crippen molar-refractivity contribution in [1.29, 1.82) is 0 Å². The molecule has 20 heavy (non-hydrogen) atoms. The van der Waals surface area contributed by atoms with Crippen LogP contribution in [0.2, 0.25) is 0 Å². The summed E-state index contributed by atoms with van der Waals surface area (Å²) >= 11 is 0. The molecule has 2 rings (SSSR count). The second-order valence-corrected chi connectivity index (χ2v) is 4.98. The van der Waals surface area contributed by atoms with Crippen molar-refractivity contribution >= 4 is 23.4 Å². The Morgan fingerprint density at radius 2 is 1.85 bits per heavy atom. The molecule has 0 saturated carbocycles. The molecular formula is C15H18N2O3. The quantitative estimate of drug-likeness (QED) is 0.851. The van der Waals surface area contributed by atoms with Gasteiger partial charge in [0.15, 0.2) is 0 Å². The Kier molecular flexibility index (Phi) is 4.17. The van der Waals surface area contributed by atoms with Crippen LogP contribution in [-0.2, 0) is 14.4 Å². The van der Waals surface area contributed by atoms with Gasteiger partial charge in [-0.25, -0.2) is 0 Å². The molecule has 1 aromatic carbocycles. The lowest BCUT2D eigenvalue weighted by Gasteiger charge is -2.14. The molecule has 1 aliphatic rings. The standard InChI is InChI=1S/C15H18N2O3/c1-10-4-3-5-12(11(10)2)16-13(18)8-9-17-14(19)6-7-15(17)20/h3-5H,6-9H2,1-2H3,(H,16,18). The van der Waals surface area contributed by atoms with Crippen molar-refractivity contribution in [2.75, 3.05) is 11.9 Å². The van der Waals surface area contributed by atoms with Crippen molar-refractivity contribution in [2.45, 2.75) is 33.1 Å². The first kappa shape index (κ1) is 14.2.